The van der Waals surface area contributed by atoms with Crippen LogP contribution in [0.5, 0.6) is 0 Å². The molecule has 1 aliphatic heterocycles. The zero-order chi connectivity index (χ0) is 15.9. The average Bonchev–Trinajstić information content (AvgIpc) is 2.45. The fourth-order valence-corrected chi connectivity index (χ4v) is 2.96. The molecule has 2 unspecified atom stereocenters. The molecule has 124 valence electrons. The summed E-state index contributed by atoms with van der Waals surface area (Å²) in [6.07, 6.45) is 6.65. The number of hydrogen-bond acceptors (Lipinski definition) is 2. The first kappa shape index (κ1) is 18.3. The Hall–Kier alpha value is -0.770. The van der Waals surface area contributed by atoms with E-state index in [1.165, 1.54) is 12.8 Å². The van der Waals surface area contributed by atoms with Crippen molar-refractivity contribution in [3.05, 3.63) is 0 Å². The summed E-state index contributed by atoms with van der Waals surface area (Å²) in [7, 11) is 0. The monoisotopic (exact) mass is 298 g/mol. The molecule has 2 amide bonds. The lowest BCUT2D eigenvalue weighted by Crippen LogP contribution is -2.52. The van der Waals surface area contributed by atoms with Crippen LogP contribution < -0.4 is 5.32 Å². The molecule has 1 heterocycles. The van der Waals surface area contributed by atoms with Crippen molar-refractivity contribution in [1.82, 2.24) is 10.2 Å². The molecule has 0 aliphatic carbocycles. The van der Waals surface area contributed by atoms with Gasteiger partial charge >= 0.3 is 6.03 Å². The third kappa shape index (κ3) is 6.25. The summed E-state index contributed by atoms with van der Waals surface area (Å²) in [5.41, 5.74) is 0.0789. The Kier molecular flexibility index (Phi) is 7.50. The van der Waals surface area contributed by atoms with Gasteiger partial charge in [-0.3, -0.25) is 0 Å². The number of unbranched alkanes of at least 4 members (excludes halogenated alkanes) is 2. The van der Waals surface area contributed by atoms with Gasteiger partial charge in [0.15, 0.2) is 0 Å². The molecular formula is C17H34N2O2. The summed E-state index contributed by atoms with van der Waals surface area (Å²) in [5, 5.41) is 12.5. The summed E-state index contributed by atoms with van der Waals surface area (Å²) in [5.74, 6) is 0.248. The molecule has 1 saturated heterocycles. The van der Waals surface area contributed by atoms with Gasteiger partial charge in [-0.1, -0.05) is 47.0 Å². The molecule has 2 atom stereocenters. The molecule has 0 aromatic rings. The smallest absolute Gasteiger partial charge is 0.317 e. The van der Waals surface area contributed by atoms with Gasteiger partial charge < -0.3 is 15.3 Å². The van der Waals surface area contributed by atoms with E-state index in [4.69, 9.17) is 0 Å². The minimum atomic E-state index is 0.0459. The lowest BCUT2D eigenvalue weighted by Gasteiger charge is -2.36. The molecule has 1 fully saturated rings. The van der Waals surface area contributed by atoms with Gasteiger partial charge in [0.05, 0.1) is 0 Å². The number of hydrogen-bond donors (Lipinski definition) is 2. The summed E-state index contributed by atoms with van der Waals surface area (Å²) >= 11 is 0. The van der Waals surface area contributed by atoms with E-state index in [0.29, 0.717) is 6.54 Å². The minimum Gasteiger partial charge on any atom is -0.396 e. The number of carbonyl (C=O) groups is 1. The van der Waals surface area contributed by atoms with E-state index in [9.17, 15) is 9.90 Å². The highest BCUT2D eigenvalue weighted by molar-refractivity contribution is 5.74. The summed E-state index contributed by atoms with van der Waals surface area (Å²) in [6, 6.07) is 0.260. The van der Waals surface area contributed by atoms with Crippen LogP contribution >= 0.6 is 0 Å². The van der Waals surface area contributed by atoms with Gasteiger partial charge in [-0.15, -0.1) is 0 Å². The van der Waals surface area contributed by atoms with Crippen LogP contribution in [0.4, 0.5) is 4.79 Å². The number of aliphatic hydroxyl groups is 1. The normalized spacial score (nSPS) is 21.2. The number of amides is 2. The van der Waals surface area contributed by atoms with E-state index in [1.54, 1.807) is 0 Å². The van der Waals surface area contributed by atoms with E-state index in [2.05, 4.69) is 33.0 Å². The molecule has 2 N–H and O–H groups in total. The third-order valence-electron chi connectivity index (χ3n) is 4.50. The zero-order valence-electron chi connectivity index (χ0n) is 14.3. The Labute approximate surface area is 130 Å². The Bertz CT molecular complexity index is 312. The molecule has 0 bridgehead atoms. The van der Waals surface area contributed by atoms with Crippen LogP contribution in [0.25, 0.3) is 0 Å². The summed E-state index contributed by atoms with van der Waals surface area (Å²) < 4.78 is 0. The Morgan fingerprint density at radius 1 is 1.38 bits per heavy atom. The van der Waals surface area contributed by atoms with Crippen molar-refractivity contribution in [3.8, 4) is 0 Å². The van der Waals surface area contributed by atoms with E-state index in [-0.39, 0.29) is 30.0 Å². The predicted molar refractivity (Wildman–Crippen MR) is 87.3 cm³/mol. The van der Waals surface area contributed by atoms with Crippen molar-refractivity contribution >= 4 is 6.03 Å². The molecule has 0 spiro atoms. The maximum absolute atomic E-state index is 12.5. The first-order valence-electron chi connectivity index (χ1n) is 8.54. The van der Waals surface area contributed by atoms with Gasteiger partial charge in [0, 0.05) is 25.7 Å². The van der Waals surface area contributed by atoms with Crippen LogP contribution in [0.1, 0.15) is 66.2 Å². The fourth-order valence-electron chi connectivity index (χ4n) is 2.96. The summed E-state index contributed by atoms with van der Waals surface area (Å²) in [6.45, 7) is 10.5. The number of rotatable bonds is 6. The molecule has 4 nitrogen and oxygen atoms in total. The first-order chi connectivity index (χ1) is 9.88. The minimum absolute atomic E-state index is 0.0459. The van der Waals surface area contributed by atoms with Crippen LogP contribution in [0.15, 0.2) is 0 Å². The summed E-state index contributed by atoms with van der Waals surface area (Å²) in [4.78, 5) is 14.4. The van der Waals surface area contributed by atoms with E-state index < -0.39 is 0 Å². The lowest BCUT2D eigenvalue weighted by molar-refractivity contribution is 0.122. The average molecular weight is 298 g/mol. The molecule has 0 saturated carbocycles. The molecule has 4 heteroatoms. The molecule has 0 aromatic heterocycles. The van der Waals surface area contributed by atoms with Crippen molar-refractivity contribution in [3.63, 3.8) is 0 Å². The van der Waals surface area contributed by atoms with Crippen LogP contribution in [0, 0.1) is 11.3 Å². The van der Waals surface area contributed by atoms with Crippen molar-refractivity contribution in [2.45, 2.75) is 72.3 Å². The number of nitrogens with zero attached hydrogens (tertiary/aromatic N) is 1. The van der Waals surface area contributed by atoms with Crippen molar-refractivity contribution in [2.24, 2.45) is 11.3 Å². The van der Waals surface area contributed by atoms with Gasteiger partial charge in [-0.25, -0.2) is 4.79 Å². The third-order valence-corrected chi connectivity index (χ3v) is 4.50. The zero-order valence-corrected chi connectivity index (χ0v) is 14.3. The van der Waals surface area contributed by atoms with E-state index in [0.717, 1.165) is 32.2 Å². The van der Waals surface area contributed by atoms with Crippen molar-refractivity contribution in [2.75, 3.05) is 19.7 Å². The fraction of sp³-hybridized carbons (Fsp3) is 0.941. The Balaban J connectivity index is 2.54. The second-order valence-corrected chi connectivity index (χ2v) is 7.50. The molecular weight excluding hydrogens is 264 g/mol. The second kappa shape index (κ2) is 8.62. The van der Waals surface area contributed by atoms with Crippen LogP contribution in [-0.4, -0.2) is 41.8 Å². The number of piperidine rings is 1. The highest BCUT2D eigenvalue weighted by atomic mass is 16.3. The number of likely N-dealkylation sites (tertiary alicyclic amines) is 1. The largest absolute Gasteiger partial charge is 0.396 e. The highest BCUT2D eigenvalue weighted by Crippen LogP contribution is 2.24. The van der Waals surface area contributed by atoms with E-state index >= 15 is 0 Å². The molecule has 0 aromatic carbocycles. The Morgan fingerprint density at radius 3 is 2.67 bits per heavy atom. The molecule has 1 rings (SSSR count). The van der Waals surface area contributed by atoms with E-state index in [1.807, 2.05) is 4.90 Å². The van der Waals surface area contributed by atoms with Gasteiger partial charge in [0.2, 0.25) is 0 Å². The maximum Gasteiger partial charge on any atom is 0.317 e. The Morgan fingerprint density at radius 2 is 2.10 bits per heavy atom. The molecule has 1 aliphatic rings. The SMILES string of the molecule is CCCCCC(NC(=O)N1CCCC(CO)C1)C(C)(C)C. The topological polar surface area (TPSA) is 52.6 Å². The van der Waals surface area contributed by atoms with Gasteiger partial charge in [0.25, 0.3) is 0 Å². The molecule has 0 radical (unpaired) electrons. The lowest BCUT2D eigenvalue weighted by atomic mass is 9.83. The van der Waals surface area contributed by atoms with Gasteiger partial charge in [0.1, 0.15) is 0 Å². The quantitative estimate of drug-likeness (QED) is 0.738. The maximum atomic E-state index is 12.5. The standard InChI is InChI=1S/C17H34N2O2/c1-5-6-7-10-15(17(2,3)4)18-16(21)19-11-8-9-14(12-19)13-20/h14-15,20H,5-13H2,1-4H3,(H,18,21). The highest BCUT2D eigenvalue weighted by Gasteiger charge is 2.29. The number of aliphatic hydroxyl groups excluding tert-OH is 1. The van der Waals surface area contributed by atoms with Crippen molar-refractivity contribution in [1.29, 1.82) is 0 Å². The first-order valence-corrected chi connectivity index (χ1v) is 8.54. The predicted octanol–water partition coefficient (Wildman–Crippen LogP) is 3.40. The number of nitrogens with one attached hydrogen (secondary N) is 1. The second-order valence-electron chi connectivity index (χ2n) is 7.50. The number of carbonyl (C=O) groups excluding carboxylic acids is 1. The van der Waals surface area contributed by atoms with Crippen molar-refractivity contribution < 1.29 is 9.90 Å². The van der Waals surface area contributed by atoms with Crippen LogP contribution in [0.2, 0.25) is 0 Å². The van der Waals surface area contributed by atoms with Crippen LogP contribution in [0.3, 0.4) is 0 Å². The van der Waals surface area contributed by atoms with Gasteiger partial charge in [-0.05, 0) is 30.6 Å². The van der Waals surface area contributed by atoms with Crippen LogP contribution in [-0.2, 0) is 0 Å². The van der Waals surface area contributed by atoms with Gasteiger partial charge in [-0.2, -0.15) is 0 Å². The number of urea groups is 1. The molecule has 21 heavy (non-hydrogen) atoms.